The molecule has 0 aromatic carbocycles. The number of ketones is 1. The smallest absolute Gasteiger partial charge is 0.155 e. The van der Waals surface area contributed by atoms with E-state index in [9.17, 15) is 4.79 Å². The van der Waals surface area contributed by atoms with Gasteiger partial charge in [0.2, 0.25) is 0 Å². The van der Waals surface area contributed by atoms with Crippen molar-refractivity contribution in [3.8, 4) is 0 Å². The first-order chi connectivity index (χ1) is 17.1. The van der Waals surface area contributed by atoms with Gasteiger partial charge in [0.15, 0.2) is 5.78 Å². The van der Waals surface area contributed by atoms with E-state index in [2.05, 4.69) is 60.2 Å². The van der Waals surface area contributed by atoms with E-state index in [4.69, 9.17) is 4.74 Å². The van der Waals surface area contributed by atoms with Gasteiger partial charge >= 0.3 is 0 Å². The van der Waals surface area contributed by atoms with Gasteiger partial charge in [0.25, 0.3) is 0 Å². The van der Waals surface area contributed by atoms with E-state index in [0.29, 0.717) is 18.8 Å². The summed E-state index contributed by atoms with van der Waals surface area (Å²) < 4.78 is 6.09. The number of hydrogen-bond acceptors (Lipinski definition) is 2. The van der Waals surface area contributed by atoms with Gasteiger partial charge in [0.1, 0.15) is 5.76 Å². The Hall–Kier alpha value is -2.09. The summed E-state index contributed by atoms with van der Waals surface area (Å²) in [5, 5.41) is 0. The topological polar surface area (TPSA) is 26.3 Å². The van der Waals surface area contributed by atoms with Crippen molar-refractivity contribution >= 4 is 5.78 Å². The summed E-state index contributed by atoms with van der Waals surface area (Å²) >= 11 is 0. The molecule has 0 saturated carbocycles. The molecule has 0 aliphatic carbocycles. The Morgan fingerprint density at radius 3 is 1.83 bits per heavy atom. The summed E-state index contributed by atoms with van der Waals surface area (Å²) in [6, 6.07) is 0. The zero-order valence-electron chi connectivity index (χ0n) is 24.1. The number of hydrogen-bond donors (Lipinski definition) is 0. The Morgan fingerprint density at radius 2 is 1.28 bits per heavy atom. The van der Waals surface area contributed by atoms with Crippen LogP contribution in [0.1, 0.15) is 117 Å². The Bertz CT molecular complexity index is 727. The number of rotatable bonds is 25. The number of carbonyl (C=O) groups excluding carboxylic acids is 1. The average molecular weight is 497 g/mol. The van der Waals surface area contributed by atoms with E-state index >= 15 is 0 Å². The maximum Gasteiger partial charge on any atom is 0.155 e. The molecule has 204 valence electrons. The minimum atomic E-state index is 0.111. The molecule has 0 rings (SSSR count). The molecule has 0 radical (unpaired) electrons. The summed E-state index contributed by atoms with van der Waals surface area (Å²) in [6.07, 6.45) is 20.9. The predicted octanol–water partition coefficient (Wildman–Crippen LogP) is 10.6. The zero-order chi connectivity index (χ0) is 27.5. The molecule has 0 saturated heterocycles. The molecule has 0 bridgehead atoms. The molecule has 2 nitrogen and oxygen atoms in total. The average Bonchev–Trinajstić information content (AvgIpc) is 2.88. The summed E-state index contributed by atoms with van der Waals surface area (Å²) in [5.41, 5.74) is 2.75. The maximum atomic E-state index is 11.9. The fourth-order valence-corrected chi connectivity index (χ4v) is 5.43. The normalized spacial score (nSPS) is 14.2. The molecule has 0 fully saturated rings. The van der Waals surface area contributed by atoms with Crippen LogP contribution in [0, 0.1) is 10.8 Å². The molecular formula is C34H56O2. The second-order valence-corrected chi connectivity index (χ2v) is 10.8. The molecule has 0 aliphatic heterocycles. The van der Waals surface area contributed by atoms with Gasteiger partial charge in [-0.15, -0.1) is 0 Å². The summed E-state index contributed by atoms with van der Waals surface area (Å²) in [7, 11) is 0. The molecule has 2 unspecified atom stereocenters. The third-order valence-corrected chi connectivity index (χ3v) is 7.90. The van der Waals surface area contributed by atoms with Crippen LogP contribution in [0.25, 0.3) is 0 Å². The lowest BCUT2D eigenvalue weighted by Gasteiger charge is -2.38. The highest BCUT2D eigenvalue weighted by Crippen LogP contribution is 2.44. The Kier molecular flexibility index (Phi) is 18.0. The first-order valence-corrected chi connectivity index (χ1v) is 14.2. The molecule has 0 aromatic heterocycles. The lowest BCUT2D eigenvalue weighted by molar-refractivity contribution is -0.114. The van der Waals surface area contributed by atoms with Gasteiger partial charge in [-0.05, 0) is 88.2 Å². The Balaban J connectivity index is 5.72. The van der Waals surface area contributed by atoms with Crippen molar-refractivity contribution in [1.82, 2.24) is 0 Å². The Morgan fingerprint density at radius 1 is 0.694 bits per heavy atom. The molecular weight excluding hydrogens is 440 g/mol. The fraction of sp³-hybridized carbons (Fsp3) is 0.618. The van der Waals surface area contributed by atoms with E-state index in [1.807, 2.05) is 6.08 Å². The zero-order valence-corrected chi connectivity index (χ0v) is 24.1. The van der Waals surface area contributed by atoms with Gasteiger partial charge in [0.05, 0.1) is 6.61 Å². The van der Waals surface area contributed by atoms with Gasteiger partial charge in [0, 0.05) is 11.8 Å². The SMILES string of the molecule is C=CC(=C)CCC(CCC)(CCCC(=O)C=C)CCCC(CCC)(CCC(=C)CC)COC(=C)C=C. The van der Waals surface area contributed by atoms with Gasteiger partial charge in [-0.2, -0.15) is 0 Å². The van der Waals surface area contributed by atoms with Gasteiger partial charge in [-0.3, -0.25) is 4.79 Å². The summed E-state index contributed by atoms with van der Waals surface area (Å²) in [6.45, 7) is 31.2. The molecule has 0 heterocycles. The maximum absolute atomic E-state index is 11.9. The second kappa shape index (κ2) is 19.1. The van der Waals surface area contributed by atoms with Crippen molar-refractivity contribution in [3.05, 3.63) is 74.6 Å². The van der Waals surface area contributed by atoms with E-state index in [1.54, 1.807) is 6.08 Å². The van der Waals surface area contributed by atoms with Crippen LogP contribution < -0.4 is 0 Å². The monoisotopic (exact) mass is 496 g/mol. The molecule has 0 N–H and O–H groups in total. The first kappa shape index (κ1) is 33.9. The number of ether oxygens (including phenoxy) is 1. The lowest BCUT2D eigenvalue weighted by Crippen LogP contribution is -2.29. The van der Waals surface area contributed by atoms with Gasteiger partial charge in [-0.25, -0.2) is 0 Å². The molecule has 36 heavy (non-hydrogen) atoms. The predicted molar refractivity (Wildman–Crippen MR) is 160 cm³/mol. The number of carbonyl (C=O) groups is 1. The molecule has 2 heteroatoms. The van der Waals surface area contributed by atoms with E-state index in [1.165, 1.54) is 18.1 Å². The van der Waals surface area contributed by atoms with Crippen LogP contribution in [0.3, 0.4) is 0 Å². The number of allylic oxidation sites excluding steroid dienone is 5. The van der Waals surface area contributed by atoms with Gasteiger partial charge in [-0.1, -0.05) is 96.7 Å². The van der Waals surface area contributed by atoms with E-state index in [-0.39, 0.29) is 16.6 Å². The first-order valence-electron chi connectivity index (χ1n) is 14.2. The van der Waals surface area contributed by atoms with Crippen LogP contribution in [0.2, 0.25) is 0 Å². The quantitative estimate of drug-likeness (QED) is 0.0543. The van der Waals surface area contributed by atoms with Crippen LogP contribution in [-0.4, -0.2) is 12.4 Å². The van der Waals surface area contributed by atoms with E-state index in [0.717, 1.165) is 89.0 Å². The lowest BCUT2D eigenvalue weighted by atomic mass is 9.68. The molecule has 0 spiro atoms. The molecule has 0 aliphatic rings. The summed E-state index contributed by atoms with van der Waals surface area (Å²) in [4.78, 5) is 11.9. The second-order valence-electron chi connectivity index (χ2n) is 10.8. The van der Waals surface area contributed by atoms with Crippen molar-refractivity contribution in [2.24, 2.45) is 10.8 Å². The third-order valence-electron chi connectivity index (χ3n) is 7.90. The van der Waals surface area contributed by atoms with Crippen LogP contribution >= 0.6 is 0 Å². The highest BCUT2D eigenvalue weighted by atomic mass is 16.5. The standard InChI is InChI=1S/C34H56O2/c1-10-21-33(26-19-29(7)12-3,23-16-18-32(35)15-6)24-17-25-34(22-11-2,27-20-30(8)13-4)28-36-31(9)14-5/h12,14-15H,3,5-11,13,16-28H2,1-2,4H3. The third kappa shape index (κ3) is 13.9. The van der Waals surface area contributed by atoms with Crippen molar-refractivity contribution in [2.45, 2.75) is 117 Å². The molecule has 0 amide bonds. The van der Waals surface area contributed by atoms with Crippen molar-refractivity contribution in [2.75, 3.05) is 6.61 Å². The molecule has 2 atom stereocenters. The van der Waals surface area contributed by atoms with Crippen molar-refractivity contribution < 1.29 is 9.53 Å². The minimum Gasteiger partial charge on any atom is -0.494 e. The van der Waals surface area contributed by atoms with Crippen LogP contribution in [0.15, 0.2) is 74.6 Å². The van der Waals surface area contributed by atoms with Crippen molar-refractivity contribution in [3.63, 3.8) is 0 Å². The fourth-order valence-electron chi connectivity index (χ4n) is 5.43. The highest BCUT2D eigenvalue weighted by molar-refractivity contribution is 5.88. The summed E-state index contributed by atoms with van der Waals surface area (Å²) in [5.74, 6) is 0.800. The van der Waals surface area contributed by atoms with Crippen LogP contribution in [0.5, 0.6) is 0 Å². The van der Waals surface area contributed by atoms with Crippen LogP contribution in [0.4, 0.5) is 0 Å². The van der Waals surface area contributed by atoms with Crippen molar-refractivity contribution in [1.29, 1.82) is 0 Å². The molecule has 0 aromatic rings. The van der Waals surface area contributed by atoms with Crippen LogP contribution in [-0.2, 0) is 9.53 Å². The highest BCUT2D eigenvalue weighted by Gasteiger charge is 2.33. The Labute approximate surface area is 224 Å². The largest absolute Gasteiger partial charge is 0.494 e. The minimum absolute atomic E-state index is 0.111. The van der Waals surface area contributed by atoms with E-state index < -0.39 is 0 Å². The van der Waals surface area contributed by atoms with Gasteiger partial charge < -0.3 is 4.74 Å².